The van der Waals surface area contributed by atoms with Crippen LogP contribution in [-0.4, -0.2) is 13.1 Å². The van der Waals surface area contributed by atoms with Crippen molar-refractivity contribution in [2.24, 2.45) is 0 Å². The van der Waals surface area contributed by atoms with Crippen molar-refractivity contribution >= 4 is 36.1 Å². The number of hydrogen-bond donors (Lipinski definition) is 2. The first kappa shape index (κ1) is 12.2. The van der Waals surface area contributed by atoms with E-state index in [4.69, 9.17) is 11.6 Å². The molecule has 2 amide bonds. The fraction of sp³-hybridized carbons (Fsp3) is 0.300. The van der Waals surface area contributed by atoms with Crippen LogP contribution in [0, 0.1) is 13.8 Å². The first-order valence-corrected chi connectivity index (χ1v) is 5.22. The molecule has 0 unspecified atom stereocenters. The van der Waals surface area contributed by atoms with E-state index < -0.39 is 0 Å². The maximum Gasteiger partial charge on any atom is 0.331 e. The zero-order chi connectivity index (χ0) is 11.6. The Bertz CT molecular complexity index is 395. The Morgan fingerprint density at radius 3 is 2.53 bits per heavy atom. The highest BCUT2D eigenvalue weighted by molar-refractivity contribution is 7.82. The summed E-state index contributed by atoms with van der Waals surface area (Å²) in [6.07, 6.45) is 0. The first-order valence-electron chi connectivity index (χ1n) is 4.45. The van der Waals surface area contributed by atoms with E-state index in [2.05, 4.69) is 18.1 Å². The van der Waals surface area contributed by atoms with Gasteiger partial charge in [0.05, 0.1) is 5.69 Å². The summed E-state index contributed by atoms with van der Waals surface area (Å²) in [7, 11) is 1.56. The Kier molecular flexibility index (Phi) is 3.88. The Balaban J connectivity index is 3.14. The molecule has 1 rings (SSSR count). The summed E-state index contributed by atoms with van der Waals surface area (Å²) in [5.41, 5.74) is 2.56. The molecule has 0 heterocycles. The highest BCUT2D eigenvalue weighted by Gasteiger charge is 2.13. The van der Waals surface area contributed by atoms with Crippen molar-refractivity contribution in [3.8, 4) is 0 Å². The lowest BCUT2D eigenvalue weighted by Gasteiger charge is -2.18. The van der Waals surface area contributed by atoms with E-state index in [-0.39, 0.29) is 6.03 Å². The van der Waals surface area contributed by atoms with Crippen molar-refractivity contribution in [2.45, 2.75) is 13.8 Å². The number of rotatable bonds is 1. The number of thiol groups is 1. The maximum absolute atomic E-state index is 11.4. The molecule has 3 nitrogen and oxygen atoms in total. The van der Waals surface area contributed by atoms with E-state index in [9.17, 15) is 4.79 Å². The summed E-state index contributed by atoms with van der Waals surface area (Å²) in [6, 6.07) is 3.38. The minimum Gasteiger partial charge on any atom is -0.340 e. The highest BCUT2D eigenvalue weighted by atomic mass is 35.5. The zero-order valence-electron chi connectivity index (χ0n) is 8.84. The van der Waals surface area contributed by atoms with Crippen LogP contribution in [0.5, 0.6) is 0 Å². The molecule has 0 bridgehead atoms. The molecule has 5 heteroatoms. The zero-order valence-corrected chi connectivity index (χ0v) is 10.5. The van der Waals surface area contributed by atoms with Gasteiger partial charge in [0.15, 0.2) is 0 Å². The Morgan fingerprint density at radius 1 is 1.40 bits per heavy atom. The molecule has 0 aliphatic carbocycles. The minimum absolute atomic E-state index is 0.275. The second-order valence-electron chi connectivity index (χ2n) is 3.25. The molecule has 1 N–H and O–H groups in total. The molecule has 0 aliphatic heterocycles. The molecule has 0 saturated heterocycles. The maximum atomic E-state index is 11.4. The first-order chi connectivity index (χ1) is 6.97. The Morgan fingerprint density at radius 2 is 2.00 bits per heavy atom. The molecule has 0 atom stereocenters. The molecule has 0 radical (unpaired) electrons. The summed E-state index contributed by atoms with van der Waals surface area (Å²) < 4.78 is 1.26. The van der Waals surface area contributed by atoms with Crippen LogP contribution in [0.3, 0.4) is 0 Å². The molecule has 15 heavy (non-hydrogen) atoms. The van der Waals surface area contributed by atoms with Crippen LogP contribution < -0.4 is 9.62 Å². The third kappa shape index (κ3) is 2.58. The van der Waals surface area contributed by atoms with Gasteiger partial charge in [-0.05, 0) is 37.1 Å². The van der Waals surface area contributed by atoms with Crippen LogP contribution in [-0.2, 0) is 0 Å². The quantitative estimate of drug-likeness (QED) is 0.732. The second-order valence-corrected chi connectivity index (χ2v) is 4.06. The van der Waals surface area contributed by atoms with Gasteiger partial charge in [-0.15, -0.1) is 0 Å². The number of benzene rings is 1. The number of amides is 2. The van der Waals surface area contributed by atoms with Gasteiger partial charge in [0.1, 0.15) is 0 Å². The van der Waals surface area contributed by atoms with Crippen LogP contribution in [0.25, 0.3) is 0 Å². The standard InChI is InChI=1S/C10H13ClN2OS/c1-6-5-9(7(2)4-8(6)11)13(15)10(14)12-3/h4-5,15H,1-3H3,(H,12,14). The van der Waals surface area contributed by atoms with Crippen LogP contribution in [0.1, 0.15) is 11.1 Å². The average molecular weight is 245 g/mol. The number of nitrogens with one attached hydrogen (secondary N) is 1. The van der Waals surface area contributed by atoms with E-state index in [0.29, 0.717) is 5.02 Å². The normalized spacial score (nSPS) is 9.93. The van der Waals surface area contributed by atoms with E-state index >= 15 is 0 Å². The number of carbonyl (C=O) groups excluding carboxylic acids is 1. The van der Waals surface area contributed by atoms with E-state index in [1.165, 1.54) is 4.31 Å². The van der Waals surface area contributed by atoms with Crippen LogP contribution in [0.2, 0.25) is 5.02 Å². The van der Waals surface area contributed by atoms with Gasteiger partial charge in [-0.2, -0.15) is 0 Å². The number of nitrogens with zero attached hydrogens (tertiary/aromatic N) is 1. The number of carbonyl (C=O) groups is 1. The summed E-state index contributed by atoms with van der Waals surface area (Å²) in [5, 5.41) is 3.19. The number of hydrogen-bond acceptors (Lipinski definition) is 2. The van der Waals surface area contributed by atoms with Crippen molar-refractivity contribution < 1.29 is 4.79 Å². The van der Waals surface area contributed by atoms with Crippen LogP contribution in [0.4, 0.5) is 10.5 Å². The Hall–Kier alpha value is -0.870. The van der Waals surface area contributed by atoms with E-state index in [0.717, 1.165) is 16.8 Å². The molecule has 0 spiro atoms. The number of anilines is 1. The summed E-state index contributed by atoms with van der Waals surface area (Å²) in [5.74, 6) is 0. The van der Waals surface area contributed by atoms with Gasteiger partial charge in [-0.1, -0.05) is 24.4 Å². The lowest BCUT2D eigenvalue weighted by molar-refractivity contribution is 0.252. The summed E-state index contributed by atoms with van der Waals surface area (Å²) in [6.45, 7) is 3.77. The van der Waals surface area contributed by atoms with Gasteiger partial charge in [0.25, 0.3) is 0 Å². The lowest BCUT2D eigenvalue weighted by atomic mass is 10.1. The molecule has 0 aromatic heterocycles. The predicted molar refractivity (Wildman–Crippen MR) is 66.8 cm³/mol. The number of halogens is 1. The topological polar surface area (TPSA) is 32.3 Å². The van der Waals surface area contributed by atoms with Gasteiger partial charge in [-0.3, -0.25) is 0 Å². The van der Waals surface area contributed by atoms with Crippen molar-refractivity contribution in [1.29, 1.82) is 0 Å². The molecule has 1 aromatic rings. The molecular formula is C10H13ClN2OS. The third-order valence-electron chi connectivity index (χ3n) is 2.11. The molecular weight excluding hydrogens is 232 g/mol. The van der Waals surface area contributed by atoms with Gasteiger partial charge in [0, 0.05) is 12.1 Å². The highest BCUT2D eigenvalue weighted by Crippen LogP contribution is 2.28. The van der Waals surface area contributed by atoms with Gasteiger partial charge in [0.2, 0.25) is 0 Å². The third-order valence-corrected chi connectivity index (χ3v) is 2.92. The van der Waals surface area contributed by atoms with Crippen molar-refractivity contribution in [3.63, 3.8) is 0 Å². The predicted octanol–water partition coefficient (Wildman–Crippen LogP) is 2.95. The second kappa shape index (κ2) is 4.77. The average Bonchev–Trinajstić information content (AvgIpc) is 2.21. The fourth-order valence-corrected chi connectivity index (χ4v) is 1.74. The number of urea groups is 1. The van der Waals surface area contributed by atoms with E-state index in [1.807, 2.05) is 26.0 Å². The summed E-state index contributed by atoms with van der Waals surface area (Å²) >= 11 is 10.1. The molecule has 0 saturated carbocycles. The van der Waals surface area contributed by atoms with Crippen molar-refractivity contribution in [2.75, 3.05) is 11.4 Å². The van der Waals surface area contributed by atoms with Gasteiger partial charge >= 0.3 is 6.03 Å². The van der Waals surface area contributed by atoms with Crippen LogP contribution in [0.15, 0.2) is 12.1 Å². The van der Waals surface area contributed by atoms with Crippen molar-refractivity contribution in [3.05, 3.63) is 28.3 Å². The molecule has 82 valence electrons. The fourth-order valence-electron chi connectivity index (χ4n) is 1.21. The largest absolute Gasteiger partial charge is 0.340 e. The SMILES string of the molecule is CNC(=O)N(S)c1cc(C)c(Cl)cc1C. The smallest absolute Gasteiger partial charge is 0.331 e. The van der Waals surface area contributed by atoms with Crippen molar-refractivity contribution in [1.82, 2.24) is 5.32 Å². The Labute approximate surface area is 100.0 Å². The van der Waals surface area contributed by atoms with E-state index in [1.54, 1.807) is 7.05 Å². The monoisotopic (exact) mass is 244 g/mol. The molecule has 0 fully saturated rings. The van der Waals surface area contributed by atoms with Crippen LogP contribution >= 0.6 is 24.4 Å². The molecule has 1 aromatic carbocycles. The minimum atomic E-state index is -0.275. The molecule has 0 aliphatic rings. The lowest BCUT2D eigenvalue weighted by Crippen LogP contribution is -2.31. The summed E-state index contributed by atoms with van der Waals surface area (Å²) in [4.78, 5) is 11.4. The van der Waals surface area contributed by atoms with Gasteiger partial charge in [-0.25, -0.2) is 9.10 Å². The number of aryl methyl sites for hydroxylation is 2. The van der Waals surface area contributed by atoms with Gasteiger partial charge < -0.3 is 5.32 Å².